The van der Waals surface area contributed by atoms with Crippen molar-refractivity contribution in [3.8, 4) is 0 Å². The van der Waals surface area contributed by atoms with Crippen LogP contribution in [0.3, 0.4) is 0 Å². The molecule has 2 atom stereocenters. The number of H-pyrrole nitrogens is 1. The fourth-order valence-electron chi connectivity index (χ4n) is 5.28. The number of hydrogen-bond acceptors (Lipinski definition) is 1. The van der Waals surface area contributed by atoms with Crippen LogP contribution in [0.15, 0.2) is 85.1 Å². The first-order chi connectivity index (χ1) is 15.5. The van der Waals surface area contributed by atoms with Crippen LogP contribution in [-0.2, 0) is 24.1 Å². The van der Waals surface area contributed by atoms with Crippen LogP contribution in [0.2, 0.25) is 0 Å². The summed E-state index contributed by atoms with van der Waals surface area (Å²) in [5, 5.41) is 4.56. The van der Waals surface area contributed by atoms with E-state index < -0.39 is 5.41 Å². The minimum atomic E-state index is -0.521. The molecule has 1 aromatic heterocycles. The Kier molecular flexibility index (Phi) is 5.34. The number of benzene rings is 3. The lowest BCUT2D eigenvalue weighted by Gasteiger charge is -2.35. The first kappa shape index (κ1) is 20.6. The summed E-state index contributed by atoms with van der Waals surface area (Å²) in [6, 6.07) is 27.2. The number of rotatable bonds is 6. The average Bonchev–Trinajstić information content (AvgIpc) is 3.44. The van der Waals surface area contributed by atoms with Gasteiger partial charge in [0.2, 0.25) is 5.91 Å². The van der Waals surface area contributed by atoms with Crippen LogP contribution < -0.4 is 5.32 Å². The second kappa shape index (κ2) is 8.31. The predicted octanol–water partition coefficient (Wildman–Crippen LogP) is 6.01. The zero-order valence-electron chi connectivity index (χ0n) is 18.8. The van der Waals surface area contributed by atoms with Crippen molar-refractivity contribution in [2.24, 2.45) is 11.3 Å². The zero-order chi connectivity index (χ0) is 22.1. The molecular weight excluding hydrogens is 392 g/mol. The average molecular weight is 423 g/mol. The molecule has 1 amide bonds. The molecule has 0 bridgehead atoms. The Balaban J connectivity index is 1.47. The Labute approximate surface area is 189 Å². The van der Waals surface area contributed by atoms with Crippen LogP contribution in [-0.4, -0.2) is 10.9 Å². The maximum Gasteiger partial charge on any atom is 0.227 e. The van der Waals surface area contributed by atoms with Gasteiger partial charge in [-0.05, 0) is 60.4 Å². The molecule has 1 aliphatic rings. The van der Waals surface area contributed by atoms with E-state index in [-0.39, 0.29) is 17.9 Å². The minimum Gasteiger partial charge on any atom is -0.361 e. The Morgan fingerprint density at radius 2 is 1.59 bits per heavy atom. The molecule has 0 fully saturated rings. The van der Waals surface area contributed by atoms with Gasteiger partial charge in [-0.1, -0.05) is 79.7 Å². The molecule has 32 heavy (non-hydrogen) atoms. The van der Waals surface area contributed by atoms with Gasteiger partial charge in [0.15, 0.2) is 0 Å². The summed E-state index contributed by atoms with van der Waals surface area (Å²) in [5.74, 6) is 0.397. The van der Waals surface area contributed by atoms with Gasteiger partial charge in [0.25, 0.3) is 0 Å². The van der Waals surface area contributed by atoms with Crippen molar-refractivity contribution in [3.05, 3.63) is 107 Å². The van der Waals surface area contributed by atoms with Crippen molar-refractivity contribution in [2.45, 2.75) is 39.2 Å². The summed E-state index contributed by atoms with van der Waals surface area (Å²) < 4.78 is 0. The second-order valence-corrected chi connectivity index (χ2v) is 9.43. The lowest BCUT2D eigenvalue weighted by atomic mass is 9.70. The standard InChI is InChI=1S/C29H30N2O/c1-20(21-10-4-3-5-11-21)31-28(32)29(2,25-16-22-12-6-7-13-23(22)17-25)18-24-19-30-27-15-9-8-14-26(24)27/h3-15,19-20,25,30H,16-18H2,1-2H3,(H,31,32). The van der Waals surface area contributed by atoms with E-state index in [0.717, 1.165) is 23.9 Å². The zero-order valence-corrected chi connectivity index (χ0v) is 18.8. The van der Waals surface area contributed by atoms with E-state index in [0.29, 0.717) is 6.42 Å². The van der Waals surface area contributed by atoms with Crippen LogP contribution in [0.25, 0.3) is 10.9 Å². The van der Waals surface area contributed by atoms with Crippen LogP contribution in [0.4, 0.5) is 0 Å². The van der Waals surface area contributed by atoms with Crippen molar-refractivity contribution in [1.82, 2.24) is 10.3 Å². The first-order valence-corrected chi connectivity index (χ1v) is 11.5. The van der Waals surface area contributed by atoms with Gasteiger partial charge >= 0.3 is 0 Å². The fourth-order valence-corrected chi connectivity index (χ4v) is 5.28. The third kappa shape index (κ3) is 3.73. The fraction of sp³-hybridized carbons (Fsp3) is 0.276. The highest BCUT2D eigenvalue weighted by Gasteiger charge is 2.44. The van der Waals surface area contributed by atoms with Crippen molar-refractivity contribution in [1.29, 1.82) is 0 Å². The van der Waals surface area contributed by atoms with Crippen LogP contribution in [0.5, 0.6) is 0 Å². The molecule has 4 aromatic rings. The van der Waals surface area contributed by atoms with E-state index in [1.165, 1.54) is 22.1 Å². The molecule has 3 aromatic carbocycles. The van der Waals surface area contributed by atoms with Gasteiger partial charge in [-0.25, -0.2) is 0 Å². The molecule has 5 rings (SSSR count). The highest BCUT2D eigenvalue weighted by Crippen LogP contribution is 2.42. The summed E-state index contributed by atoms with van der Waals surface area (Å²) in [7, 11) is 0. The first-order valence-electron chi connectivity index (χ1n) is 11.5. The largest absolute Gasteiger partial charge is 0.361 e. The van der Waals surface area contributed by atoms with Gasteiger partial charge in [0, 0.05) is 17.1 Å². The number of carbonyl (C=O) groups is 1. The predicted molar refractivity (Wildman–Crippen MR) is 130 cm³/mol. The van der Waals surface area contributed by atoms with E-state index in [1.807, 2.05) is 24.3 Å². The van der Waals surface area contributed by atoms with Crippen LogP contribution in [0.1, 0.15) is 42.1 Å². The second-order valence-electron chi connectivity index (χ2n) is 9.43. The quantitative estimate of drug-likeness (QED) is 0.393. The summed E-state index contributed by atoms with van der Waals surface area (Å²) in [6.45, 7) is 4.24. The lowest BCUT2D eigenvalue weighted by molar-refractivity contribution is -0.133. The maximum atomic E-state index is 13.9. The van der Waals surface area contributed by atoms with E-state index >= 15 is 0 Å². The molecule has 0 aliphatic heterocycles. The Morgan fingerprint density at radius 1 is 0.969 bits per heavy atom. The molecule has 1 heterocycles. The van der Waals surface area contributed by atoms with Crippen LogP contribution in [0, 0.1) is 11.3 Å². The molecular formula is C29H30N2O. The number of hydrogen-bond donors (Lipinski definition) is 2. The molecule has 0 radical (unpaired) electrons. The number of amides is 1. The van der Waals surface area contributed by atoms with Gasteiger partial charge < -0.3 is 10.3 Å². The number of aromatic amines is 1. The monoisotopic (exact) mass is 422 g/mol. The van der Waals surface area contributed by atoms with Crippen molar-refractivity contribution in [2.75, 3.05) is 0 Å². The molecule has 3 heteroatoms. The van der Waals surface area contributed by atoms with Gasteiger partial charge in [-0.3, -0.25) is 4.79 Å². The maximum absolute atomic E-state index is 13.9. The Morgan fingerprint density at radius 3 is 2.31 bits per heavy atom. The van der Waals surface area contributed by atoms with E-state index in [9.17, 15) is 4.79 Å². The van der Waals surface area contributed by atoms with Gasteiger partial charge in [0.1, 0.15) is 0 Å². The third-order valence-corrected chi connectivity index (χ3v) is 7.35. The number of aromatic nitrogens is 1. The highest BCUT2D eigenvalue weighted by molar-refractivity contribution is 5.87. The molecule has 0 spiro atoms. The Bertz CT molecular complexity index is 1220. The van der Waals surface area contributed by atoms with E-state index in [2.05, 4.69) is 84.9 Å². The summed E-state index contributed by atoms with van der Waals surface area (Å²) >= 11 is 0. The lowest BCUT2D eigenvalue weighted by Crippen LogP contribution is -2.46. The van der Waals surface area contributed by atoms with Crippen LogP contribution >= 0.6 is 0 Å². The van der Waals surface area contributed by atoms with Gasteiger partial charge in [0.05, 0.1) is 11.5 Å². The molecule has 3 nitrogen and oxygen atoms in total. The van der Waals surface area contributed by atoms with E-state index in [4.69, 9.17) is 0 Å². The molecule has 2 unspecified atom stereocenters. The summed E-state index contributed by atoms with van der Waals surface area (Å²) in [4.78, 5) is 17.3. The minimum absolute atomic E-state index is 0.0326. The number of fused-ring (bicyclic) bond motifs is 2. The normalized spacial score (nSPS) is 16.4. The third-order valence-electron chi connectivity index (χ3n) is 7.35. The molecule has 1 aliphatic carbocycles. The van der Waals surface area contributed by atoms with Gasteiger partial charge in [-0.2, -0.15) is 0 Å². The topological polar surface area (TPSA) is 44.9 Å². The SMILES string of the molecule is CC(NC(=O)C(C)(Cc1c[nH]c2ccccc12)C1Cc2ccccc2C1)c1ccccc1. The number of carbonyl (C=O) groups excluding carboxylic acids is 1. The molecule has 0 saturated carbocycles. The summed E-state index contributed by atoms with van der Waals surface area (Å²) in [5.41, 5.74) is 5.70. The smallest absolute Gasteiger partial charge is 0.227 e. The molecule has 162 valence electrons. The Hall–Kier alpha value is -3.33. The highest BCUT2D eigenvalue weighted by atomic mass is 16.2. The number of para-hydroxylation sites is 1. The summed E-state index contributed by atoms with van der Waals surface area (Å²) in [6.07, 6.45) is 4.69. The number of nitrogens with one attached hydrogen (secondary N) is 2. The van der Waals surface area contributed by atoms with Crippen molar-refractivity contribution >= 4 is 16.8 Å². The molecule has 0 saturated heterocycles. The van der Waals surface area contributed by atoms with Crippen molar-refractivity contribution in [3.63, 3.8) is 0 Å². The van der Waals surface area contributed by atoms with E-state index in [1.54, 1.807) is 0 Å². The van der Waals surface area contributed by atoms with Gasteiger partial charge in [-0.15, -0.1) is 0 Å². The van der Waals surface area contributed by atoms with Crippen molar-refractivity contribution < 1.29 is 4.79 Å². The molecule has 2 N–H and O–H groups in total.